The number of rotatable bonds is 2. The Kier molecular flexibility index (Phi) is 19.5. The SMILES string of the molecule is C[O-].C[Si](C)(C)[N-][Si](C)(C)C.[Li+].[Na+]. The Morgan fingerprint density at radius 2 is 0.923 bits per heavy atom. The predicted octanol–water partition coefficient (Wildman–Crippen LogP) is -3.99. The second-order valence-electron chi connectivity index (χ2n) is 4.45. The molecule has 0 aliphatic rings. The van der Waals surface area contributed by atoms with Crippen molar-refractivity contribution in [2.45, 2.75) is 39.3 Å². The first-order chi connectivity index (χ1) is 4.71. The Labute approximate surface area is 120 Å². The molecule has 0 aromatic carbocycles. The standard InChI is InChI=1S/C6H18NSi2.CH3O.Li.Na/c1-8(2,3)7-9(4,5)6;1-2;;/h1-6H3;1H3;;/q2*-1;2*+1. The summed E-state index contributed by atoms with van der Waals surface area (Å²) in [6.45, 7) is 13.8. The van der Waals surface area contributed by atoms with E-state index in [1.165, 1.54) is 0 Å². The maximum atomic E-state index is 8.25. The van der Waals surface area contributed by atoms with E-state index < -0.39 is 16.5 Å². The van der Waals surface area contributed by atoms with Gasteiger partial charge in [0, 0.05) is 0 Å². The van der Waals surface area contributed by atoms with Crippen molar-refractivity contribution in [3.63, 3.8) is 0 Å². The fourth-order valence-corrected chi connectivity index (χ4v) is 9.06. The molecule has 0 aromatic rings. The average molecular weight is 221 g/mol. The summed E-state index contributed by atoms with van der Waals surface area (Å²) in [6, 6.07) is 0. The zero-order valence-electron chi connectivity index (χ0n) is 10.9. The molecule has 0 bridgehead atoms. The fraction of sp³-hybridized carbons (Fsp3) is 1.00. The van der Waals surface area contributed by atoms with Gasteiger partial charge < -0.3 is 9.75 Å². The molecule has 0 heterocycles. The van der Waals surface area contributed by atoms with E-state index in [2.05, 4.69) is 39.3 Å². The number of nitrogens with zero attached hydrogens (tertiary/aromatic N) is 1. The summed E-state index contributed by atoms with van der Waals surface area (Å²) < 4.78 is 4.82. The molecule has 0 fully saturated rings. The summed E-state index contributed by atoms with van der Waals surface area (Å²) in [5, 5.41) is 8.25. The van der Waals surface area contributed by atoms with Gasteiger partial charge in [0.05, 0.1) is 0 Å². The van der Waals surface area contributed by atoms with E-state index >= 15 is 0 Å². The summed E-state index contributed by atoms with van der Waals surface area (Å²) in [6.07, 6.45) is 0. The minimum atomic E-state index is -1.11. The number of hydrogen-bond acceptors (Lipinski definition) is 1. The first-order valence-corrected chi connectivity index (χ1v) is 10.7. The fourth-order valence-electron chi connectivity index (χ4n) is 1.01. The molecule has 0 atom stereocenters. The van der Waals surface area contributed by atoms with Gasteiger partial charge in [0.2, 0.25) is 0 Å². The third-order valence-electron chi connectivity index (χ3n) is 0.671. The van der Waals surface area contributed by atoms with Gasteiger partial charge in [-0.3, -0.25) is 0 Å². The van der Waals surface area contributed by atoms with Crippen LogP contribution in [0.2, 0.25) is 39.3 Å². The van der Waals surface area contributed by atoms with Gasteiger partial charge in [0.15, 0.2) is 0 Å². The van der Waals surface area contributed by atoms with Crippen molar-refractivity contribution in [3.8, 4) is 0 Å². The van der Waals surface area contributed by atoms with Crippen LogP contribution in [0.5, 0.6) is 0 Å². The smallest absolute Gasteiger partial charge is 0.857 e. The van der Waals surface area contributed by atoms with Gasteiger partial charge in [-0.25, -0.2) is 0 Å². The van der Waals surface area contributed by atoms with Crippen LogP contribution in [-0.2, 0) is 0 Å². The molecule has 0 aliphatic heterocycles. The molecule has 0 aliphatic carbocycles. The normalized spacial score (nSPS) is 10.2. The van der Waals surface area contributed by atoms with Crippen LogP contribution in [-0.4, -0.2) is 23.6 Å². The van der Waals surface area contributed by atoms with Crippen LogP contribution in [0.25, 0.3) is 4.65 Å². The Morgan fingerprint density at radius 3 is 0.923 bits per heavy atom. The van der Waals surface area contributed by atoms with Gasteiger partial charge in [0.25, 0.3) is 0 Å². The van der Waals surface area contributed by atoms with E-state index in [-0.39, 0.29) is 48.4 Å². The number of hydrogen-bond donors (Lipinski definition) is 0. The zero-order valence-corrected chi connectivity index (χ0v) is 14.9. The molecule has 0 unspecified atom stereocenters. The van der Waals surface area contributed by atoms with E-state index in [1.807, 2.05) is 0 Å². The van der Waals surface area contributed by atoms with Crippen molar-refractivity contribution in [1.82, 2.24) is 0 Å². The van der Waals surface area contributed by atoms with E-state index in [0.717, 1.165) is 7.11 Å². The Hall–Kier alpha value is 1.95. The molecule has 6 heteroatoms. The topological polar surface area (TPSA) is 37.2 Å². The minimum Gasteiger partial charge on any atom is -0.857 e. The molecule has 0 aromatic heterocycles. The van der Waals surface area contributed by atoms with Gasteiger partial charge in [-0.15, -0.1) is 0 Å². The second kappa shape index (κ2) is 10.5. The van der Waals surface area contributed by atoms with Crippen molar-refractivity contribution in [2.75, 3.05) is 7.11 Å². The van der Waals surface area contributed by atoms with Gasteiger partial charge in [-0.05, 0) is 0 Å². The molecule has 0 radical (unpaired) electrons. The molecule has 0 saturated carbocycles. The van der Waals surface area contributed by atoms with Gasteiger partial charge in [-0.2, -0.15) is 7.11 Å². The molecule has 0 amide bonds. The van der Waals surface area contributed by atoms with Crippen LogP contribution in [0, 0.1) is 0 Å². The Morgan fingerprint density at radius 1 is 0.769 bits per heavy atom. The Bertz CT molecular complexity index is 91.6. The van der Waals surface area contributed by atoms with Gasteiger partial charge >= 0.3 is 48.4 Å². The van der Waals surface area contributed by atoms with Crippen LogP contribution in [0.3, 0.4) is 0 Å². The van der Waals surface area contributed by atoms with Gasteiger partial charge in [-0.1, -0.05) is 55.8 Å². The first-order valence-electron chi connectivity index (χ1n) is 3.86. The first kappa shape index (κ1) is 24.3. The van der Waals surface area contributed by atoms with E-state index in [4.69, 9.17) is 9.75 Å². The molecule has 70 valence electrons. The summed E-state index contributed by atoms with van der Waals surface area (Å²) in [7, 11) is -1.46. The molecule has 0 N–H and O–H groups in total. The van der Waals surface area contributed by atoms with Crippen molar-refractivity contribution in [1.29, 1.82) is 0 Å². The molecule has 2 nitrogen and oxygen atoms in total. The summed E-state index contributed by atoms with van der Waals surface area (Å²) in [4.78, 5) is 0. The summed E-state index contributed by atoms with van der Waals surface area (Å²) in [5.74, 6) is 0. The maximum Gasteiger partial charge on any atom is 1.00 e. The van der Waals surface area contributed by atoms with Crippen molar-refractivity contribution in [2.24, 2.45) is 0 Å². The van der Waals surface area contributed by atoms with Gasteiger partial charge in [0.1, 0.15) is 0 Å². The molecule has 0 rings (SSSR count). The predicted molar refractivity (Wildman–Crippen MR) is 56.0 cm³/mol. The van der Waals surface area contributed by atoms with E-state index in [9.17, 15) is 0 Å². The monoisotopic (exact) mass is 221 g/mol. The van der Waals surface area contributed by atoms with Crippen molar-refractivity contribution in [3.05, 3.63) is 4.65 Å². The molecule has 13 heavy (non-hydrogen) atoms. The maximum absolute atomic E-state index is 8.25. The molecular weight excluding hydrogens is 200 g/mol. The minimum absolute atomic E-state index is 0. The molecule has 0 spiro atoms. The van der Waals surface area contributed by atoms with E-state index in [0.29, 0.717) is 0 Å². The largest absolute Gasteiger partial charge is 1.00 e. The summed E-state index contributed by atoms with van der Waals surface area (Å²) in [5.41, 5.74) is 0. The summed E-state index contributed by atoms with van der Waals surface area (Å²) >= 11 is 0. The quantitative estimate of drug-likeness (QED) is 0.438. The third-order valence-corrected chi connectivity index (χ3v) is 6.04. The molecular formula is C7H21LiNNaOSi2. The van der Waals surface area contributed by atoms with E-state index in [1.54, 1.807) is 0 Å². The average Bonchev–Trinajstić information content (AvgIpc) is 1.60. The van der Waals surface area contributed by atoms with Crippen LogP contribution < -0.4 is 53.5 Å². The van der Waals surface area contributed by atoms with Crippen molar-refractivity contribution < 1.29 is 53.5 Å². The Balaban J connectivity index is -0.0000000941. The third kappa shape index (κ3) is 31.5. The van der Waals surface area contributed by atoms with Crippen LogP contribution in [0.15, 0.2) is 0 Å². The van der Waals surface area contributed by atoms with Crippen LogP contribution in [0.1, 0.15) is 0 Å². The van der Waals surface area contributed by atoms with Crippen molar-refractivity contribution >= 4 is 16.5 Å². The van der Waals surface area contributed by atoms with Crippen LogP contribution in [0.4, 0.5) is 0 Å². The molecule has 0 saturated heterocycles. The second-order valence-corrected chi connectivity index (χ2v) is 14.0. The zero-order chi connectivity index (χ0) is 9.71. The van der Waals surface area contributed by atoms with Crippen LogP contribution >= 0.6 is 0 Å².